The summed E-state index contributed by atoms with van der Waals surface area (Å²) in [7, 11) is 4.06. The van der Waals surface area contributed by atoms with E-state index in [0.29, 0.717) is 16.7 Å². The summed E-state index contributed by atoms with van der Waals surface area (Å²) < 4.78 is 18.9. The van der Waals surface area contributed by atoms with Gasteiger partial charge in [-0.1, -0.05) is 30.3 Å². The van der Waals surface area contributed by atoms with Crippen LogP contribution in [0.1, 0.15) is 22.3 Å². The van der Waals surface area contributed by atoms with Gasteiger partial charge in [-0.2, -0.15) is 0 Å². The smallest absolute Gasteiger partial charge is 0.332 e. The number of methoxy groups -OCH3 is 1. The SMILES string of the molecule is COC(=O)[C@@]1(Cc2ccc(F)cc2)[C@@H]2C(=CC(=O)[C@H]2CC(=O)C(=O)N(C)C)CN1C(=O)c1ccccc1. The largest absolute Gasteiger partial charge is 0.467 e. The van der Waals surface area contributed by atoms with Crippen LogP contribution in [0.5, 0.6) is 0 Å². The van der Waals surface area contributed by atoms with Crippen LogP contribution in [0.4, 0.5) is 4.39 Å². The molecule has 4 rings (SSSR count). The molecule has 1 aliphatic carbocycles. The Morgan fingerprint density at radius 3 is 2.30 bits per heavy atom. The molecule has 9 heteroatoms. The van der Waals surface area contributed by atoms with Gasteiger partial charge in [0.05, 0.1) is 7.11 Å². The van der Waals surface area contributed by atoms with Crippen molar-refractivity contribution in [1.82, 2.24) is 9.80 Å². The first-order valence-electron chi connectivity index (χ1n) is 11.8. The highest BCUT2D eigenvalue weighted by molar-refractivity contribution is 6.36. The Hall–Kier alpha value is -4.14. The van der Waals surface area contributed by atoms with Crippen LogP contribution in [0, 0.1) is 17.7 Å². The van der Waals surface area contributed by atoms with Crippen LogP contribution in [0.15, 0.2) is 66.2 Å². The lowest BCUT2D eigenvalue weighted by Gasteiger charge is -2.41. The van der Waals surface area contributed by atoms with Crippen molar-refractivity contribution in [2.24, 2.45) is 11.8 Å². The first kappa shape index (κ1) is 25.9. The molecule has 2 aromatic rings. The Kier molecular flexibility index (Phi) is 7.07. The summed E-state index contributed by atoms with van der Waals surface area (Å²) in [6.45, 7) is -0.0350. The molecule has 1 saturated heterocycles. The highest BCUT2D eigenvalue weighted by atomic mass is 19.1. The molecule has 0 saturated carbocycles. The number of rotatable bonds is 7. The molecule has 1 fully saturated rings. The number of likely N-dealkylation sites (tertiary alicyclic amines) is 1. The summed E-state index contributed by atoms with van der Waals surface area (Å²) in [5.41, 5.74) is -0.328. The lowest BCUT2D eigenvalue weighted by molar-refractivity contribution is -0.156. The predicted molar refractivity (Wildman–Crippen MR) is 131 cm³/mol. The van der Waals surface area contributed by atoms with E-state index >= 15 is 0 Å². The van der Waals surface area contributed by atoms with E-state index in [9.17, 15) is 28.4 Å². The molecule has 0 spiro atoms. The molecule has 2 aromatic carbocycles. The van der Waals surface area contributed by atoms with Gasteiger partial charge in [0.2, 0.25) is 5.78 Å². The van der Waals surface area contributed by atoms with Crippen LogP contribution in [-0.4, -0.2) is 72.4 Å². The Bertz CT molecular complexity index is 1290. The first-order chi connectivity index (χ1) is 17.6. The molecule has 0 bridgehead atoms. The fourth-order valence-corrected chi connectivity index (χ4v) is 5.43. The molecule has 2 amide bonds. The number of nitrogens with zero attached hydrogens (tertiary/aromatic N) is 2. The standard InChI is InChI=1S/C28H27FN2O6/c1-30(2)26(35)23(33)14-21-22(32)13-19-16-31(25(34)18-7-5-4-6-8-18)28(24(19)21,27(36)37-3)15-17-9-11-20(29)12-10-17/h4-13,21,24H,14-16H2,1-3H3/t21-,24-,28-/m1/s1. The first-order valence-corrected chi connectivity index (χ1v) is 11.8. The van der Waals surface area contributed by atoms with Crippen molar-refractivity contribution < 1.29 is 33.1 Å². The molecule has 0 N–H and O–H groups in total. The number of hydrogen-bond acceptors (Lipinski definition) is 6. The topological polar surface area (TPSA) is 101 Å². The molecule has 3 atom stereocenters. The Morgan fingerprint density at radius 2 is 1.70 bits per heavy atom. The molecular formula is C28H27FN2O6. The fraction of sp³-hybridized carbons (Fsp3) is 0.321. The van der Waals surface area contributed by atoms with E-state index in [4.69, 9.17) is 4.74 Å². The van der Waals surface area contributed by atoms with Crippen LogP contribution >= 0.6 is 0 Å². The van der Waals surface area contributed by atoms with Gasteiger partial charge < -0.3 is 14.5 Å². The van der Waals surface area contributed by atoms with Crippen molar-refractivity contribution in [3.8, 4) is 0 Å². The highest BCUT2D eigenvalue weighted by Crippen LogP contribution is 2.51. The van der Waals surface area contributed by atoms with Gasteiger partial charge in [-0.05, 0) is 41.5 Å². The third-order valence-corrected chi connectivity index (χ3v) is 7.07. The average Bonchev–Trinajstić information content (AvgIpc) is 3.37. The number of fused-ring (bicyclic) bond motifs is 1. The zero-order valence-corrected chi connectivity index (χ0v) is 20.8. The maximum Gasteiger partial charge on any atom is 0.332 e. The minimum atomic E-state index is -1.70. The monoisotopic (exact) mass is 506 g/mol. The van der Waals surface area contributed by atoms with E-state index in [-0.39, 0.29) is 18.7 Å². The van der Waals surface area contributed by atoms with Crippen molar-refractivity contribution in [2.45, 2.75) is 18.4 Å². The van der Waals surface area contributed by atoms with Gasteiger partial charge in [-0.25, -0.2) is 9.18 Å². The van der Waals surface area contributed by atoms with Gasteiger partial charge in [0, 0.05) is 50.9 Å². The van der Waals surface area contributed by atoms with Crippen molar-refractivity contribution in [3.63, 3.8) is 0 Å². The average molecular weight is 507 g/mol. The quantitative estimate of drug-likeness (QED) is 0.422. The number of ether oxygens (including phenoxy) is 1. The number of ketones is 2. The summed E-state index contributed by atoms with van der Waals surface area (Å²) in [6, 6.07) is 13.9. The van der Waals surface area contributed by atoms with E-state index in [1.54, 1.807) is 30.3 Å². The lowest BCUT2D eigenvalue weighted by atomic mass is 9.71. The van der Waals surface area contributed by atoms with Gasteiger partial charge in [0.25, 0.3) is 11.8 Å². The number of Topliss-reactive ketones (excluding diaryl/α,β-unsaturated/α-hetero) is 1. The van der Waals surface area contributed by atoms with E-state index in [2.05, 4.69) is 0 Å². The second kappa shape index (κ2) is 10.1. The molecular weight excluding hydrogens is 479 g/mol. The number of carbonyl (C=O) groups excluding carboxylic acids is 5. The fourth-order valence-electron chi connectivity index (χ4n) is 5.43. The van der Waals surface area contributed by atoms with Crippen molar-refractivity contribution in [2.75, 3.05) is 27.7 Å². The minimum absolute atomic E-state index is 0.0350. The summed E-state index contributed by atoms with van der Waals surface area (Å²) in [5, 5.41) is 0. The number of allylic oxidation sites excluding steroid dienone is 1. The van der Waals surface area contributed by atoms with Crippen molar-refractivity contribution >= 4 is 29.4 Å². The van der Waals surface area contributed by atoms with Gasteiger partial charge in [0.15, 0.2) is 11.3 Å². The molecule has 1 aliphatic heterocycles. The Balaban J connectivity index is 1.86. The summed E-state index contributed by atoms with van der Waals surface area (Å²) >= 11 is 0. The third kappa shape index (κ3) is 4.57. The maximum atomic E-state index is 13.8. The van der Waals surface area contributed by atoms with E-state index in [1.165, 1.54) is 56.4 Å². The third-order valence-electron chi connectivity index (χ3n) is 7.07. The second-order valence-corrected chi connectivity index (χ2v) is 9.51. The minimum Gasteiger partial charge on any atom is -0.467 e. The van der Waals surface area contributed by atoms with Crippen LogP contribution < -0.4 is 0 Å². The van der Waals surface area contributed by atoms with Gasteiger partial charge >= 0.3 is 5.97 Å². The number of likely N-dealkylation sites (N-methyl/N-ethyl adjacent to an activating group) is 1. The van der Waals surface area contributed by atoms with Gasteiger partial charge in [0.1, 0.15) is 5.82 Å². The second-order valence-electron chi connectivity index (χ2n) is 9.51. The Labute approximate surface area is 213 Å². The summed E-state index contributed by atoms with van der Waals surface area (Å²) in [5.74, 6) is -5.56. The van der Waals surface area contributed by atoms with Crippen LogP contribution in [-0.2, 0) is 30.3 Å². The molecule has 37 heavy (non-hydrogen) atoms. The van der Waals surface area contributed by atoms with E-state index < -0.39 is 53.2 Å². The molecule has 8 nitrogen and oxygen atoms in total. The molecule has 0 aromatic heterocycles. The number of amides is 2. The summed E-state index contributed by atoms with van der Waals surface area (Å²) in [4.78, 5) is 68.1. The number of benzene rings is 2. The number of esters is 1. The van der Waals surface area contributed by atoms with Gasteiger partial charge in [-0.3, -0.25) is 19.2 Å². The normalized spacial score (nSPS) is 22.3. The maximum absolute atomic E-state index is 13.8. The predicted octanol–water partition coefficient (Wildman–Crippen LogP) is 2.22. The van der Waals surface area contributed by atoms with Crippen LogP contribution in [0.25, 0.3) is 0 Å². The summed E-state index contributed by atoms with van der Waals surface area (Å²) in [6.07, 6.45) is 0.861. The molecule has 0 unspecified atom stereocenters. The lowest BCUT2D eigenvalue weighted by Crippen LogP contribution is -2.60. The van der Waals surface area contributed by atoms with E-state index in [0.717, 1.165) is 4.90 Å². The number of halogens is 1. The van der Waals surface area contributed by atoms with Crippen LogP contribution in [0.3, 0.4) is 0 Å². The zero-order chi connectivity index (χ0) is 26.9. The van der Waals surface area contributed by atoms with Gasteiger partial charge in [-0.15, -0.1) is 0 Å². The molecule has 2 aliphatic rings. The molecule has 192 valence electrons. The van der Waals surface area contributed by atoms with Crippen LogP contribution in [0.2, 0.25) is 0 Å². The highest BCUT2D eigenvalue weighted by Gasteiger charge is 2.64. The van der Waals surface area contributed by atoms with E-state index in [1.807, 2.05) is 0 Å². The number of carbonyl (C=O) groups is 5. The van der Waals surface area contributed by atoms with Crippen molar-refractivity contribution in [3.05, 3.63) is 83.2 Å². The molecule has 0 radical (unpaired) electrons. The zero-order valence-electron chi connectivity index (χ0n) is 20.8. The number of hydrogen-bond donors (Lipinski definition) is 0. The molecule has 1 heterocycles. The Morgan fingerprint density at radius 1 is 1.05 bits per heavy atom. The van der Waals surface area contributed by atoms with Crippen molar-refractivity contribution in [1.29, 1.82) is 0 Å².